The number of hydrogen-bond acceptors (Lipinski definition) is 3. The van der Waals surface area contributed by atoms with Crippen LogP contribution in [0.4, 0.5) is 5.69 Å². The predicted octanol–water partition coefficient (Wildman–Crippen LogP) is 2.65. The van der Waals surface area contributed by atoms with Crippen molar-refractivity contribution in [1.29, 1.82) is 0 Å². The Hall–Kier alpha value is -0.550. The number of hydrogen-bond donors (Lipinski definition) is 1. The van der Waals surface area contributed by atoms with Gasteiger partial charge >= 0.3 is 0 Å². The zero-order valence-corrected chi connectivity index (χ0v) is 7.80. The number of benzene rings is 1. The number of halogens is 1. The van der Waals surface area contributed by atoms with Crippen LogP contribution in [0.25, 0.3) is 0 Å². The first-order chi connectivity index (χ1) is 5.13. The van der Waals surface area contributed by atoms with Gasteiger partial charge in [0.05, 0.1) is 14.3 Å². The highest BCUT2D eigenvalue weighted by Gasteiger charge is 2.14. The molecule has 0 saturated heterocycles. The lowest BCUT2D eigenvalue weighted by Crippen LogP contribution is -1.90. The summed E-state index contributed by atoms with van der Waals surface area (Å²) in [6.45, 7) is 0. The van der Waals surface area contributed by atoms with E-state index in [4.69, 9.17) is 0 Å². The quantitative estimate of drug-likeness (QED) is 0.461. The Balaban J connectivity index is 3.32. The number of para-hydroxylation sites is 1. The Morgan fingerprint density at radius 2 is 2.18 bits per heavy atom. The van der Waals surface area contributed by atoms with Crippen LogP contribution in [0.2, 0.25) is 0 Å². The van der Waals surface area contributed by atoms with E-state index in [0.717, 1.165) is 0 Å². The van der Waals surface area contributed by atoms with E-state index < -0.39 is 4.92 Å². The van der Waals surface area contributed by atoms with Crippen LogP contribution in [0, 0.1) is 10.1 Å². The van der Waals surface area contributed by atoms with Crippen molar-refractivity contribution in [1.82, 2.24) is 0 Å². The molecule has 0 amide bonds. The second kappa shape index (κ2) is 3.23. The molecule has 0 aromatic heterocycles. The van der Waals surface area contributed by atoms with Gasteiger partial charge in [0.2, 0.25) is 0 Å². The van der Waals surface area contributed by atoms with Gasteiger partial charge in [-0.1, -0.05) is 6.07 Å². The third-order valence-corrected chi connectivity index (χ3v) is 2.15. The van der Waals surface area contributed by atoms with Crippen LogP contribution in [-0.4, -0.2) is 4.92 Å². The van der Waals surface area contributed by atoms with Crippen molar-refractivity contribution < 1.29 is 4.92 Å². The average molecular weight is 234 g/mol. The van der Waals surface area contributed by atoms with Gasteiger partial charge in [-0.2, -0.15) is 0 Å². The minimum absolute atomic E-state index is 0.0100. The van der Waals surface area contributed by atoms with E-state index in [1.54, 1.807) is 18.2 Å². The fraction of sp³-hybridized carbons (Fsp3) is 0. The molecule has 1 rings (SSSR count). The van der Waals surface area contributed by atoms with E-state index in [1.807, 2.05) is 0 Å². The first-order valence-electron chi connectivity index (χ1n) is 2.75. The summed E-state index contributed by atoms with van der Waals surface area (Å²) < 4.78 is 0.454. The minimum atomic E-state index is -0.466. The molecular weight excluding hydrogens is 230 g/mol. The molecule has 1 aromatic rings. The summed E-state index contributed by atoms with van der Waals surface area (Å²) in [7, 11) is 0. The normalized spacial score (nSPS) is 9.64. The highest BCUT2D eigenvalue weighted by molar-refractivity contribution is 9.10. The van der Waals surface area contributed by atoms with Crippen molar-refractivity contribution in [3.63, 3.8) is 0 Å². The molecule has 0 bridgehead atoms. The van der Waals surface area contributed by atoms with E-state index in [2.05, 4.69) is 28.6 Å². The summed E-state index contributed by atoms with van der Waals surface area (Å²) in [5.41, 5.74) is 0.0100. The molecule has 0 radical (unpaired) electrons. The maximum atomic E-state index is 10.4. The molecule has 58 valence electrons. The summed E-state index contributed by atoms with van der Waals surface area (Å²) in [6.07, 6.45) is 0. The summed E-state index contributed by atoms with van der Waals surface area (Å²) in [6, 6.07) is 4.88. The molecule has 1 aromatic carbocycles. The van der Waals surface area contributed by atoms with Crippen LogP contribution in [0.5, 0.6) is 0 Å². The van der Waals surface area contributed by atoms with Gasteiger partial charge in [0.1, 0.15) is 0 Å². The van der Waals surface area contributed by atoms with Gasteiger partial charge in [-0.3, -0.25) is 10.1 Å². The Labute approximate surface area is 77.1 Å². The van der Waals surface area contributed by atoms with Crippen molar-refractivity contribution in [2.24, 2.45) is 0 Å². The largest absolute Gasteiger partial charge is 0.296 e. The lowest BCUT2D eigenvalue weighted by atomic mass is 10.3. The molecule has 0 fully saturated rings. The van der Waals surface area contributed by atoms with Crippen LogP contribution in [0.1, 0.15) is 0 Å². The highest BCUT2D eigenvalue weighted by atomic mass is 79.9. The third-order valence-electron chi connectivity index (χ3n) is 1.15. The molecule has 11 heavy (non-hydrogen) atoms. The first-order valence-corrected chi connectivity index (χ1v) is 3.99. The van der Waals surface area contributed by atoms with Gasteiger partial charge < -0.3 is 0 Å². The smallest absolute Gasteiger partial charge is 0.258 e. The van der Waals surface area contributed by atoms with Crippen LogP contribution in [-0.2, 0) is 0 Å². The van der Waals surface area contributed by atoms with E-state index in [-0.39, 0.29) is 5.69 Å². The van der Waals surface area contributed by atoms with Gasteiger partial charge in [0.15, 0.2) is 0 Å². The molecule has 0 unspecified atom stereocenters. The Morgan fingerprint density at radius 1 is 1.55 bits per heavy atom. The topological polar surface area (TPSA) is 43.1 Å². The highest BCUT2D eigenvalue weighted by Crippen LogP contribution is 2.30. The fourth-order valence-corrected chi connectivity index (χ4v) is 1.64. The van der Waals surface area contributed by atoms with Gasteiger partial charge in [0, 0.05) is 0 Å². The predicted molar refractivity (Wildman–Crippen MR) is 48.0 cm³/mol. The molecule has 0 aliphatic rings. The van der Waals surface area contributed by atoms with Crippen LogP contribution < -0.4 is 0 Å². The maximum absolute atomic E-state index is 10.4. The van der Waals surface area contributed by atoms with Gasteiger partial charge in [0.25, 0.3) is 5.69 Å². The number of rotatable bonds is 1. The average Bonchev–Trinajstić information content (AvgIpc) is 1.85. The molecular formula is C6H4BrNO2S. The van der Waals surface area contributed by atoms with E-state index in [1.165, 1.54) is 0 Å². The van der Waals surface area contributed by atoms with Crippen molar-refractivity contribution in [3.8, 4) is 0 Å². The summed E-state index contributed by atoms with van der Waals surface area (Å²) in [4.78, 5) is 10.3. The molecule has 0 atom stereocenters. The van der Waals surface area contributed by atoms with Crippen molar-refractivity contribution >= 4 is 34.2 Å². The van der Waals surface area contributed by atoms with Crippen molar-refractivity contribution in [2.45, 2.75) is 4.90 Å². The molecule has 0 spiro atoms. The lowest BCUT2D eigenvalue weighted by Gasteiger charge is -1.96. The van der Waals surface area contributed by atoms with Crippen LogP contribution in [0.15, 0.2) is 27.6 Å². The fourth-order valence-electron chi connectivity index (χ4n) is 0.685. The van der Waals surface area contributed by atoms with Crippen molar-refractivity contribution in [2.75, 3.05) is 0 Å². The standard InChI is InChI=1S/C6H4BrNO2S/c7-4-2-1-3-5(11)6(4)8(9)10/h1-3,11H. The molecule has 0 aliphatic carbocycles. The number of nitrogens with zero attached hydrogens (tertiary/aromatic N) is 1. The lowest BCUT2D eigenvalue weighted by molar-refractivity contribution is -0.388. The van der Waals surface area contributed by atoms with Crippen LogP contribution >= 0.6 is 28.6 Å². The molecule has 0 heterocycles. The monoisotopic (exact) mass is 233 g/mol. The second-order valence-corrected chi connectivity index (χ2v) is 3.20. The van der Waals surface area contributed by atoms with Crippen molar-refractivity contribution in [3.05, 3.63) is 32.8 Å². The van der Waals surface area contributed by atoms with Gasteiger partial charge in [-0.25, -0.2) is 0 Å². The zero-order chi connectivity index (χ0) is 8.43. The molecule has 3 nitrogen and oxygen atoms in total. The molecule has 0 N–H and O–H groups in total. The number of thiol groups is 1. The Kier molecular flexibility index (Phi) is 2.51. The molecule has 0 aliphatic heterocycles. The second-order valence-electron chi connectivity index (χ2n) is 1.86. The summed E-state index contributed by atoms with van der Waals surface area (Å²) in [5.74, 6) is 0. The van der Waals surface area contributed by atoms with E-state index >= 15 is 0 Å². The van der Waals surface area contributed by atoms with E-state index in [9.17, 15) is 10.1 Å². The van der Waals surface area contributed by atoms with Gasteiger partial charge in [-0.05, 0) is 28.1 Å². The van der Waals surface area contributed by atoms with Gasteiger partial charge in [-0.15, -0.1) is 12.6 Å². The zero-order valence-electron chi connectivity index (χ0n) is 5.32. The van der Waals surface area contributed by atoms with Crippen LogP contribution in [0.3, 0.4) is 0 Å². The number of nitro benzene ring substituents is 1. The molecule has 5 heteroatoms. The Bertz CT molecular complexity index is 282. The first kappa shape index (κ1) is 8.55. The third kappa shape index (κ3) is 1.72. The Morgan fingerprint density at radius 3 is 2.55 bits per heavy atom. The maximum Gasteiger partial charge on any atom is 0.296 e. The number of nitro groups is 1. The molecule has 0 saturated carbocycles. The summed E-state index contributed by atoms with van der Waals surface area (Å²) in [5, 5.41) is 10.4. The SMILES string of the molecule is O=[N+]([O-])c1c(S)cccc1Br. The summed E-state index contributed by atoms with van der Waals surface area (Å²) >= 11 is 6.99. The minimum Gasteiger partial charge on any atom is -0.258 e. The van der Waals surface area contributed by atoms with E-state index in [0.29, 0.717) is 9.37 Å².